The Morgan fingerprint density at radius 1 is 1.33 bits per heavy atom. The third-order valence-electron chi connectivity index (χ3n) is 2.34. The number of phenolic OH excluding ortho intramolecular Hbond substituents is 1. The van der Waals surface area contributed by atoms with Gasteiger partial charge in [0.25, 0.3) is 5.91 Å². The molecule has 0 bridgehead atoms. The molecule has 18 heavy (non-hydrogen) atoms. The van der Waals surface area contributed by atoms with Crippen LogP contribution in [-0.2, 0) is 0 Å². The van der Waals surface area contributed by atoms with Gasteiger partial charge in [0, 0.05) is 11.3 Å². The minimum atomic E-state index is -0.344. The molecule has 0 saturated carbocycles. The molecule has 1 amide bonds. The second kappa shape index (κ2) is 5.06. The summed E-state index contributed by atoms with van der Waals surface area (Å²) < 4.78 is 0. The summed E-state index contributed by atoms with van der Waals surface area (Å²) in [5, 5.41) is 12.4. The summed E-state index contributed by atoms with van der Waals surface area (Å²) in [6.45, 7) is 1.75. The quantitative estimate of drug-likeness (QED) is 0.646. The lowest BCUT2D eigenvalue weighted by atomic mass is 10.2. The van der Waals surface area contributed by atoms with E-state index in [0.29, 0.717) is 16.9 Å². The van der Waals surface area contributed by atoms with Crippen LogP contribution in [0.3, 0.4) is 0 Å². The average molecular weight is 263 g/mol. The van der Waals surface area contributed by atoms with E-state index in [-0.39, 0.29) is 16.8 Å². The number of aromatic hydroxyl groups is 1. The Kier molecular flexibility index (Phi) is 3.48. The van der Waals surface area contributed by atoms with E-state index < -0.39 is 0 Å². The van der Waals surface area contributed by atoms with Gasteiger partial charge < -0.3 is 10.4 Å². The lowest BCUT2D eigenvalue weighted by molar-refractivity contribution is 0.102. The van der Waals surface area contributed by atoms with Crippen molar-refractivity contribution in [1.29, 1.82) is 0 Å². The van der Waals surface area contributed by atoms with Crippen molar-refractivity contribution in [2.24, 2.45) is 0 Å². The molecular formula is C13H11ClN2O2. The molecule has 0 unspecified atom stereocenters. The van der Waals surface area contributed by atoms with Crippen LogP contribution in [0.1, 0.15) is 16.1 Å². The van der Waals surface area contributed by atoms with Crippen molar-refractivity contribution in [2.45, 2.75) is 6.92 Å². The lowest BCUT2D eigenvalue weighted by Crippen LogP contribution is -2.12. The molecule has 5 heteroatoms. The second-order valence-corrected chi connectivity index (χ2v) is 4.18. The van der Waals surface area contributed by atoms with Crippen LogP contribution in [0.4, 0.5) is 5.69 Å². The number of carbonyl (C=O) groups excluding carboxylic acids is 1. The first-order valence-electron chi connectivity index (χ1n) is 5.30. The molecule has 0 fully saturated rings. The van der Waals surface area contributed by atoms with Crippen LogP contribution >= 0.6 is 11.6 Å². The molecule has 4 nitrogen and oxygen atoms in total. The summed E-state index contributed by atoms with van der Waals surface area (Å²) in [5.74, 6) is -0.327. The van der Waals surface area contributed by atoms with Gasteiger partial charge in [0.15, 0.2) is 0 Å². The number of halogens is 1. The number of nitrogens with one attached hydrogen (secondary N) is 1. The highest BCUT2D eigenvalue weighted by Gasteiger charge is 2.10. The summed E-state index contributed by atoms with van der Waals surface area (Å²) in [6.07, 6.45) is 0. The van der Waals surface area contributed by atoms with Gasteiger partial charge >= 0.3 is 0 Å². The second-order valence-electron chi connectivity index (χ2n) is 3.79. The molecule has 0 atom stereocenters. The molecule has 0 radical (unpaired) electrons. The van der Waals surface area contributed by atoms with E-state index in [0.717, 1.165) is 0 Å². The van der Waals surface area contributed by atoms with Crippen LogP contribution < -0.4 is 5.32 Å². The monoisotopic (exact) mass is 262 g/mol. The fourth-order valence-corrected chi connectivity index (χ4v) is 1.78. The van der Waals surface area contributed by atoms with Crippen molar-refractivity contribution < 1.29 is 9.90 Å². The third-order valence-corrected chi connectivity index (χ3v) is 2.53. The zero-order valence-electron chi connectivity index (χ0n) is 9.64. The Bertz CT molecular complexity index is 579. The van der Waals surface area contributed by atoms with Crippen LogP contribution in [0.2, 0.25) is 5.15 Å². The Labute approximate surface area is 109 Å². The van der Waals surface area contributed by atoms with Crippen molar-refractivity contribution in [3.8, 4) is 5.75 Å². The van der Waals surface area contributed by atoms with Gasteiger partial charge in [-0.15, -0.1) is 0 Å². The Hall–Kier alpha value is -2.07. The van der Waals surface area contributed by atoms with Crippen molar-refractivity contribution >= 4 is 23.2 Å². The van der Waals surface area contributed by atoms with E-state index in [1.165, 1.54) is 12.1 Å². The molecule has 1 heterocycles. The molecule has 0 aliphatic carbocycles. The smallest absolute Gasteiger partial charge is 0.255 e. The molecule has 2 N–H and O–H groups in total. The average Bonchev–Trinajstić information content (AvgIpc) is 2.31. The van der Waals surface area contributed by atoms with E-state index in [2.05, 4.69) is 10.3 Å². The molecule has 0 spiro atoms. The van der Waals surface area contributed by atoms with Crippen molar-refractivity contribution in [1.82, 2.24) is 4.98 Å². The maximum atomic E-state index is 12.0. The highest BCUT2D eigenvalue weighted by atomic mass is 35.5. The van der Waals surface area contributed by atoms with Gasteiger partial charge in [0.05, 0.1) is 5.69 Å². The zero-order chi connectivity index (χ0) is 13.1. The summed E-state index contributed by atoms with van der Waals surface area (Å²) in [7, 11) is 0. The van der Waals surface area contributed by atoms with E-state index in [1.807, 2.05) is 0 Å². The Morgan fingerprint density at radius 2 is 2.06 bits per heavy atom. The molecule has 2 aromatic rings. The van der Waals surface area contributed by atoms with Crippen molar-refractivity contribution in [3.05, 3.63) is 52.8 Å². The van der Waals surface area contributed by atoms with Gasteiger partial charge in [-0.1, -0.05) is 23.7 Å². The SMILES string of the molecule is Cc1cc(C(=O)Nc2ccccc2O)cc(Cl)n1. The number of anilines is 1. The molecule has 0 aliphatic rings. The first-order valence-corrected chi connectivity index (χ1v) is 5.67. The maximum Gasteiger partial charge on any atom is 0.255 e. The summed E-state index contributed by atoms with van der Waals surface area (Å²) in [4.78, 5) is 15.9. The normalized spacial score (nSPS) is 10.1. The molecule has 2 rings (SSSR count). The zero-order valence-corrected chi connectivity index (χ0v) is 10.4. The number of pyridine rings is 1. The molecule has 0 saturated heterocycles. The van der Waals surface area contributed by atoms with Crippen molar-refractivity contribution in [2.75, 3.05) is 5.32 Å². The molecule has 1 aromatic carbocycles. The van der Waals surface area contributed by atoms with Gasteiger partial charge in [-0.2, -0.15) is 0 Å². The minimum absolute atomic E-state index is 0.0164. The van der Waals surface area contributed by atoms with E-state index in [4.69, 9.17) is 11.6 Å². The van der Waals surface area contributed by atoms with Crippen molar-refractivity contribution in [3.63, 3.8) is 0 Å². The number of aryl methyl sites for hydroxylation is 1. The molecule has 0 aliphatic heterocycles. The predicted molar refractivity (Wildman–Crippen MR) is 70.0 cm³/mol. The first-order chi connectivity index (χ1) is 8.56. The van der Waals surface area contributed by atoms with Crippen LogP contribution in [-0.4, -0.2) is 16.0 Å². The molecular weight excluding hydrogens is 252 g/mol. The van der Waals surface area contributed by atoms with E-state index in [9.17, 15) is 9.90 Å². The van der Waals surface area contributed by atoms with E-state index in [1.54, 1.807) is 31.2 Å². The standard InChI is InChI=1S/C13H11ClN2O2/c1-8-6-9(7-12(14)15-8)13(18)16-10-4-2-3-5-11(10)17/h2-7,17H,1H3,(H,16,18). The van der Waals surface area contributed by atoms with Gasteiger partial charge in [0.2, 0.25) is 0 Å². The number of para-hydroxylation sites is 2. The number of hydrogen-bond donors (Lipinski definition) is 2. The number of amides is 1. The number of phenols is 1. The van der Waals surface area contributed by atoms with Crippen LogP contribution in [0, 0.1) is 6.92 Å². The van der Waals surface area contributed by atoms with Gasteiger partial charge in [-0.25, -0.2) is 4.98 Å². The highest BCUT2D eigenvalue weighted by molar-refractivity contribution is 6.29. The number of nitrogens with zero attached hydrogens (tertiary/aromatic N) is 1. The van der Waals surface area contributed by atoms with Crippen LogP contribution in [0.15, 0.2) is 36.4 Å². The maximum absolute atomic E-state index is 12.0. The number of hydrogen-bond acceptors (Lipinski definition) is 3. The Balaban J connectivity index is 2.25. The predicted octanol–water partition coefficient (Wildman–Crippen LogP) is 3.00. The largest absolute Gasteiger partial charge is 0.506 e. The molecule has 1 aromatic heterocycles. The highest BCUT2D eigenvalue weighted by Crippen LogP contribution is 2.22. The number of carbonyl (C=O) groups is 1. The lowest BCUT2D eigenvalue weighted by Gasteiger charge is -2.07. The summed E-state index contributed by atoms with van der Waals surface area (Å²) in [6, 6.07) is 9.62. The van der Waals surface area contributed by atoms with Gasteiger partial charge in [-0.05, 0) is 31.2 Å². The fraction of sp³-hybridized carbons (Fsp3) is 0.0769. The topological polar surface area (TPSA) is 62.2 Å². The first kappa shape index (κ1) is 12.4. The summed E-state index contributed by atoms with van der Waals surface area (Å²) in [5.41, 5.74) is 1.41. The molecule has 92 valence electrons. The van der Waals surface area contributed by atoms with Crippen LogP contribution in [0.5, 0.6) is 5.75 Å². The number of benzene rings is 1. The van der Waals surface area contributed by atoms with E-state index >= 15 is 0 Å². The summed E-state index contributed by atoms with van der Waals surface area (Å²) >= 11 is 5.79. The Morgan fingerprint density at radius 3 is 2.72 bits per heavy atom. The van der Waals surface area contributed by atoms with Crippen LogP contribution in [0.25, 0.3) is 0 Å². The van der Waals surface area contributed by atoms with Gasteiger partial charge in [-0.3, -0.25) is 4.79 Å². The fourth-order valence-electron chi connectivity index (χ4n) is 1.53. The number of rotatable bonds is 2. The number of aromatic nitrogens is 1. The van der Waals surface area contributed by atoms with Gasteiger partial charge in [0.1, 0.15) is 10.9 Å². The third kappa shape index (κ3) is 2.78. The minimum Gasteiger partial charge on any atom is -0.506 e.